The number of fused-ring (bicyclic) bond motifs is 1. The Morgan fingerprint density at radius 1 is 1.38 bits per heavy atom. The second-order valence-corrected chi connectivity index (χ2v) is 3.98. The maximum atomic E-state index is 9.36. The van der Waals surface area contributed by atoms with E-state index >= 15 is 0 Å². The molecule has 0 spiro atoms. The molecule has 5 heteroatoms. The summed E-state index contributed by atoms with van der Waals surface area (Å²) in [5, 5.41) is 18.6. The third-order valence-electron chi connectivity index (χ3n) is 2.79. The zero-order valence-corrected chi connectivity index (χ0v) is 8.55. The third kappa shape index (κ3) is 1.37. The zero-order valence-electron chi connectivity index (χ0n) is 8.55. The first kappa shape index (κ1) is 9.35. The Hall–Kier alpha value is -1.88. The summed E-state index contributed by atoms with van der Waals surface area (Å²) < 4.78 is 0. The minimum absolute atomic E-state index is 0.0129. The lowest BCUT2D eigenvalue weighted by Crippen LogP contribution is -2.51. The molecule has 1 aromatic rings. The number of hydrogen-bond donors (Lipinski definition) is 3. The number of rotatable bonds is 1. The molecule has 1 aromatic carbocycles. The lowest BCUT2D eigenvalue weighted by molar-refractivity contribution is 0.141. The molecule has 0 unspecified atom stereocenters. The first-order chi connectivity index (χ1) is 7.74. The molecule has 0 radical (unpaired) electrons. The number of hydroxylamine groups is 1. The number of anilines is 1. The minimum atomic E-state index is -0.254. The van der Waals surface area contributed by atoms with Gasteiger partial charge in [-0.3, -0.25) is 0 Å². The summed E-state index contributed by atoms with van der Waals surface area (Å²) in [5.74, 6) is 0.665. The van der Waals surface area contributed by atoms with Crippen molar-refractivity contribution in [3.8, 4) is 5.75 Å². The van der Waals surface area contributed by atoms with Crippen LogP contribution in [0.3, 0.4) is 0 Å². The molecule has 0 saturated carbocycles. The van der Waals surface area contributed by atoms with Gasteiger partial charge in [0.2, 0.25) is 5.88 Å². The predicted molar refractivity (Wildman–Crippen MR) is 59.0 cm³/mol. The average Bonchev–Trinajstić information content (AvgIpc) is 2.24. The molecule has 84 valence electrons. The van der Waals surface area contributed by atoms with E-state index in [9.17, 15) is 10.2 Å². The molecule has 16 heavy (non-hydrogen) atoms. The van der Waals surface area contributed by atoms with Gasteiger partial charge in [0.25, 0.3) is 0 Å². The van der Waals surface area contributed by atoms with E-state index in [4.69, 9.17) is 4.84 Å². The summed E-state index contributed by atoms with van der Waals surface area (Å²) in [6.07, 6.45) is 1.37. The first-order valence-corrected chi connectivity index (χ1v) is 5.13. The fourth-order valence-electron chi connectivity index (χ4n) is 1.97. The summed E-state index contributed by atoms with van der Waals surface area (Å²) >= 11 is 0. The average molecular weight is 220 g/mol. The van der Waals surface area contributed by atoms with Crippen LogP contribution < -0.4 is 15.2 Å². The van der Waals surface area contributed by atoms with Crippen LogP contribution in [0.25, 0.3) is 6.08 Å². The van der Waals surface area contributed by atoms with Crippen LogP contribution in [0.5, 0.6) is 5.75 Å². The summed E-state index contributed by atoms with van der Waals surface area (Å²) in [6, 6.07) is 5.66. The van der Waals surface area contributed by atoms with Crippen molar-refractivity contribution in [2.75, 3.05) is 18.0 Å². The van der Waals surface area contributed by atoms with Crippen LogP contribution in [0.2, 0.25) is 0 Å². The molecule has 1 saturated heterocycles. The highest BCUT2D eigenvalue weighted by Crippen LogP contribution is 2.34. The fraction of sp³-hybridized carbons (Fsp3) is 0.273. The monoisotopic (exact) mass is 220 g/mol. The second-order valence-electron chi connectivity index (χ2n) is 3.98. The van der Waals surface area contributed by atoms with Gasteiger partial charge >= 0.3 is 0 Å². The largest absolute Gasteiger partial charge is 0.493 e. The van der Waals surface area contributed by atoms with Gasteiger partial charge in [-0.2, -0.15) is 5.48 Å². The summed E-state index contributed by atoms with van der Waals surface area (Å²) in [4.78, 5) is 7.21. The molecule has 0 aromatic heterocycles. The van der Waals surface area contributed by atoms with E-state index in [0.717, 1.165) is 11.3 Å². The minimum Gasteiger partial charge on any atom is -0.493 e. The molecule has 0 atom stereocenters. The van der Waals surface area contributed by atoms with Crippen LogP contribution in [-0.2, 0) is 0 Å². The highest BCUT2D eigenvalue weighted by molar-refractivity contribution is 5.75. The van der Waals surface area contributed by atoms with Gasteiger partial charge in [-0.25, -0.2) is 0 Å². The first-order valence-electron chi connectivity index (χ1n) is 5.13. The van der Waals surface area contributed by atoms with Gasteiger partial charge in [0.15, 0.2) is 5.75 Å². The Morgan fingerprint density at radius 3 is 2.94 bits per heavy atom. The van der Waals surface area contributed by atoms with Gasteiger partial charge in [0.05, 0.1) is 6.10 Å². The van der Waals surface area contributed by atoms with Gasteiger partial charge in [0.1, 0.15) is 0 Å². The number of hydrogen-bond acceptors (Lipinski definition) is 5. The lowest BCUT2D eigenvalue weighted by Gasteiger charge is -2.39. The van der Waals surface area contributed by atoms with Crippen molar-refractivity contribution in [3.63, 3.8) is 0 Å². The molecule has 2 heterocycles. The molecule has 3 N–H and O–H groups in total. The molecular formula is C11H12N2O3. The van der Waals surface area contributed by atoms with Crippen molar-refractivity contribution in [2.24, 2.45) is 0 Å². The second kappa shape index (κ2) is 3.31. The van der Waals surface area contributed by atoms with Crippen LogP contribution in [-0.4, -0.2) is 29.4 Å². The van der Waals surface area contributed by atoms with Gasteiger partial charge in [-0.1, -0.05) is 6.07 Å². The summed E-state index contributed by atoms with van der Waals surface area (Å²) in [7, 11) is 0. The Kier molecular flexibility index (Phi) is 1.94. The molecule has 3 rings (SSSR count). The quantitative estimate of drug-likeness (QED) is 0.647. The van der Waals surface area contributed by atoms with Crippen molar-refractivity contribution >= 4 is 11.8 Å². The van der Waals surface area contributed by atoms with Crippen molar-refractivity contribution in [3.05, 3.63) is 29.6 Å². The summed E-state index contributed by atoms with van der Waals surface area (Å²) in [6.45, 7) is 1.25. The Balaban J connectivity index is 2.00. The van der Waals surface area contributed by atoms with Crippen molar-refractivity contribution in [2.45, 2.75) is 6.10 Å². The van der Waals surface area contributed by atoms with Gasteiger partial charge < -0.3 is 20.0 Å². The number of aliphatic hydroxyl groups is 2. The normalized spacial score (nSPS) is 19.1. The van der Waals surface area contributed by atoms with Gasteiger partial charge in [-0.15, -0.1) is 0 Å². The Bertz CT molecular complexity index is 453. The van der Waals surface area contributed by atoms with E-state index in [1.54, 1.807) is 6.08 Å². The van der Waals surface area contributed by atoms with Crippen molar-refractivity contribution in [1.29, 1.82) is 0 Å². The van der Waals surface area contributed by atoms with Crippen molar-refractivity contribution < 1.29 is 15.1 Å². The van der Waals surface area contributed by atoms with Gasteiger partial charge in [0, 0.05) is 30.4 Å². The van der Waals surface area contributed by atoms with Crippen LogP contribution in [0.4, 0.5) is 5.69 Å². The van der Waals surface area contributed by atoms with E-state index in [-0.39, 0.29) is 12.0 Å². The molecule has 2 aliphatic rings. The fourth-order valence-corrected chi connectivity index (χ4v) is 1.97. The van der Waals surface area contributed by atoms with E-state index in [0.29, 0.717) is 18.8 Å². The van der Waals surface area contributed by atoms with E-state index in [2.05, 4.69) is 5.48 Å². The standard InChI is InChI=1S/C11H12N2O3/c14-7-5-13(6-7)9-2-1-3-10-8(9)4-11(15)12-16-10/h1-4,7,12,14-15H,5-6H2. The Morgan fingerprint density at radius 2 is 2.19 bits per heavy atom. The van der Waals surface area contributed by atoms with Crippen LogP contribution in [0, 0.1) is 0 Å². The molecule has 1 fully saturated rings. The predicted octanol–water partition coefficient (Wildman–Crippen LogP) is 0.621. The smallest absolute Gasteiger partial charge is 0.218 e. The number of nitrogens with one attached hydrogen (secondary N) is 1. The van der Waals surface area contributed by atoms with Crippen molar-refractivity contribution in [1.82, 2.24) is 5.48 Å². The van der Waals surface area contributed by atoms with Gasteiger partial charge in [-0.05, 0) is 12.1 Å². The Labute approximate surface area is 92.5 Å². The molecule has 0 aliphatic carbocycles. The van der Waals surface area contributed by atoms with Crippen LogP contribution >= 0.6 is 0 Å². The van der Waals surface area contributed by atoms with E-state index in [1.165, 1.54) is 0 Å². The number of aliphatic hydroxyl groups excluding tert-OH is 2. The molecule has 0 amide bonds. The maximum Gasteiger partial charge on any atom is 0.218 e. The number of nitrogens with zero attached hydrogens (tertiary/aromatic N) is 1. The topological polar surface area (TPSA) is 65.0 Å². The molecule has 2 aliphatic heterocycles. The molecule has 0 bridgehead atoms. The molecular weight excluding hydrogens is 208 g/mol. The summed E-state index contributed by atoms with van der Waals surface area (Å²) in [5.41, 5.74) is 4.20. The highest BCUT2D eigenvalue weighted by Gasteiger charge is 2.27. The third-order valence-corrected chi connectivity index (χ3v) is 2.79. The highest BCUT2D eigenvalue weighted by atomic mass is 16.7. The number of benzene rings is 1. The van der Waals surface area contributed by atoms with E-state index in [1.807, 2.05) is 23.1 Å². The zero-order chi connectivity index (χ0) is 11.1. The SMILES string of the molecule is OC1=Cc2c(cccc2N2CC(O)C2)ON1. The van der Waals surface area contributed by atoms with Crippen LogP contribution in [0.1, 0.15) is 5.56 Å². The van der Waals surface area contributed by atoms with Crippen LogP contribution in [0.15, 0.2) is 24.1 Å². The molecule has 5 nitrogen and oxygen atoms in total. The maximum absolute atomic E-state index is 9.36. The van der Waals surface area contributed by atoms with E-state index < -0.39 is 0 Å². The number of β-amino-alcohol motifs (C(OH)–C–C–N with tert-alkyl or cyclic N) is 1. The lowest BCUT2D eigenvalue weighted by atomic mass is 10.1.